The maximum absolute atomic E-state index is 13.1. The van der Waals surface area contributed by atoms with Crippen LogP contribution in [0.25, 0.3) is 0 Å². The molecule has 0 unspecified atom stereocenters. The molecule has 2 aromatic rings. The van der Waals surface area contributed by atoms with Crippen LogP contribution in [-0.2, 0) is 24.3 Å². The first-order chi connectivity index (χ1) is 12.9. The molecule has 1 aromatic heterocycles. The van der Waals surface area contributed by atoms with E-state index in [0.29, 0.717) is 50.6 Å². The Morgan fingerprint density at radius 3 is 2.78 bits per heavy atom. The number of amides is 1. The minimum Gasteiger partial charge on any atom is -0.379 e. The Kier molecular flexibility index (Phi) is 5.86. The zero-order valence-corrected chi connectivity index (χ0v) is 15.7. The predicted octanol–water partition coefficient (Wildman–Crippen LogP) is 1.76. The van der Waals surface area contributed by atoms with E-state index in [-0.39, 0.29) is 18.3 Å². The Hall–Kier alpha value is -2.32. The Morgan fingerprint density at radius 2 is 2.11 bits per heavy atom. The summed E-state index contributed by atoms with van der Waals surface area (Å²) in [6.45, 7) is 3.43. The number of rotatable bonds is 7. The van der Waals surface area contributed by atoms with E-state index in [9.17, 15) is 14.3 Å². The number of halogens is 1. The molecular formula is C19H25FN4O3. The van der Waals surface area contributed by atoms with Crippen LogP contribution in [0.2, 0.25) is 0 Å². The van der Waals surface area contributed by atoms with Gasteiger partial charge in [0.2, 0.25) is 5.89 Å². The van der Waals surface area contributed by atoms with Gasteiger partial charge in [-0.2, -0.15) is 4.98 Å². The highest BCUT2D eigenvalue weighted by Crippen LogP contribution is 2.25. The number of aryl methyl sites for hydroxylation is 1. The third-order valence-electron chi connectivity index (χ3n) is 4.75. The van der Waals surface area contributed by atoms with Crippen molar-refractivity contribution in [1.82, 2.24) is 19.9 Å². The first-order valence-electron chi connectivity index (χ1n) is 9.16. The van der Waals surface area contributed by atoms with E-state index in [1.165, 1.54) is 12.1 Å². The smallest absolute Gasteiger partial charge is 0.256 e. The number of nitrogens with zero attached hydrogens (tertiary/aromatic N) is 4. The minimum atomic E-state index is -1.45. The summed E-state index contributed by atoms with van der Waals surface area (Å²) in [4.78, 5) is 20.6. The largest absolute Gasteiger partial charge is 0.379 e. The van der Waals surface area contributed by atoms with Crippen LogP contribution in [-0.4, -0.2) is 56.7 Å². The number of aromatic nitrogens is 2. The molecule has 1 fully saturated rings. The van der Waals surface area contributed by atoms with Crippen LogP contribution in [0.15, 0.2) is 28.8 Å². The van der Waals surface area contributed by atoms with Gasteiger partial charge in [-0.05, 0) is 37.6 Å². The lowest BCUT2D eigenvalue weighted by atomic mass is 9.91. The first kappa shape index (κ1) is 19.4. The maximum atomic E-state index is 13.1. The second-order valence-corrected chi connectivity index (χ2v) is 7.12. The van der Waals surface area contributed by atoms with E-state index < -0.39 is 5.60 Å². The van der Waals surface area contributed by atoms with Crippen LogP contribution in [0.5, 0.6) is 0 Å². The predicted molar refractivity (Wildman–Crippen MR) is 96.0 cm³/mol. The molecule has 8 heteroatoms. The van der Waals surface area contributed by atoms with Crippen LogP contribution < -0.4 is 0 Å². The highest BCUT2D eigenvalue weighted by Gasteiger charge is 2.42. The van der Waals surface area contributed by atoms with Crippen molar-refractivity contribution in [3.05, 3.63) is 47.4 Å². The fourth-order valence-corrected chi connectivity index (χ4v) is 3.41. The van der Waals surface area contributed by atoms with Crippen molar-refractivity contribution < 1.29 is 18.8 Å². The average Bonchev–Trinajstić information content (AvgIpc) is 3.08. The molecule has 0 spiro atoms. The molecule has 2 heterocycles. The van der Waals surface area contributed by atoms with Gasteiger partial charge in [-0.3, -0.25) is 9.69 Å². The van der Waals surface area contributed by atoms with Gasteiger partial charge in [0.25, 0.3) is 5.91 Å². The number of carbonyl (C=O) groups excluding carboxylic acids is 1. The highest BCUT2D eigenvalue weighted by molar-refractivity contribution is 5.86. The molecule has 3 rings (SSSR count). The molecule has 1 atom stereocenters. The van der Waals surface area contributed by atoms with Gasteiger partial charge in [-0.15, -0.1) is 0 Å². The zero-order chi connectivity index (χ0) is 19.4. The Balaban J connectivity index is 1.62. The molecule has 0 aliphatic carbocycles. The lowest BCUT2D eigenvalue weighted by molar-refractivity contribution is -0.160. The first-order valence-corrected chi connectivity index (χ1v) is 9.16. The molecule has 0 radical (unpaired) electrons. The Labute approximate surface area is 157 Å². The van der Waals surface area contributed by atoms with Crippen LogP contribution in [0, 0.1) is 5.82 Å². The number of hydrogen-bond acceptors (Lipinski definition) is 6. The minimum absolute atomic E-state index is 0.182. The standard InChI is InChI=1S/C19H25FN4O3/c1-3-17-21-16(22-27-17)12-23(2)13-19(26)9-4-10-24(18(19)25)11-14-5-7-15(20)8-6-14/h5-8,26H,3-4,9-13H2,1-2H3/t19-/m0/s1. The third kappa shape index (κ3) is 4.70. The summed E-state index contributed by atoms with van der Waals surface area (Å²) in [6, 6.07) is 6.06. The van der Waals surface area contributed by atoms with Crippen molar-refractivity contribution in [3.8, 4) is 0 Å². The molecule has 27 heavy (non-hydrogen) atoms. The van der Waals surface area contributed by atoms with E-state index in [1.807, 2.05) is 18.9 Å². The SMILES string of the molecule is CCc1nc(CN(C)C[C@@]2(O)CCCN(Cc3ccc(F)cc3)C2=O)no1. The fourth-order valence-electron chi connectivity index (χ4n) is 3.41. The molecule has 1 saturated heterocycles. The van der Waals surface area contributed by atoms with E-state index in [1.54, 1.807) is 17.0 Å². The van der Waals surface area contributed by atoms with Crippen molar-refractivity contribution in [2.24, 2.45) is 0 Å². The number of piperidine rings is 1. The van der Waals surface area contributed by atoms with E-state index in [2.05, 4.69) is 10.1 Å². The summed E-state index contributed by atoms with van der Waals surface area (Å²) in [5.41, 5.74) is -0.620. The monoisotopic (exact) mass is 376 g/mol. The van der Waals surface area contributed by atoms with Gasteiger partial charge in [-0.1, -0.05) is 24.2 Å². The summed E-state index contributed by atoms with van der Waals surface area (Å²) in [7, 11) is 1.81. The van der Waals surface area contributed by atoms with Gasteiger partial charge in [0, 0.05) is 26.1 Å². The van der Waals surface area contributed by atoms with Crippen molar-refractivity contribution in [1.29, 1.82) is 0 Å². The second kappa shape index (κ2) is 8.14. The summed E-state index contributed by atoms with van der Waals surface area (Å²) in [5.74, 6) is 0.488. The van der Waals surface area contributed by atoms with Crippen molar-refractivity contribution in [3.63, 3.8) is 0 Å². The van der Waals surface area contributed by atoms with E-state index in [0.717, 1.165) is 5.56 Å². The summed E-state index contributed by atoms with van der Waals surface area (Å²) < 4.78 is 18.2. The molecule has 1 aliphatic rings. The number of carbonyl (C=O) groups is 1. The highest BCUT2D eigenvalue weighted by atomic mass is 19.1. The van der Waals surface area contributed by atoms with Crippen LogP contribution in [0.4, 0.5) is 4.39 Å². The molecule has 1 amide bonds. The molecule has 0 saturated carbocycles. The molecular weight excluding hydrogens is 351 g/mol. The Morgan fingerprint density at radius 1 is 1.37 bits per heavy atom. The summed E-state index contributed by atoms with van der Waals surface area (Å²) in [6.07, 6.45) is 1.78. The van der Waals surface area contributed by atoms with Gasteiger partial charge in [0.15, 0.2) is 11.4 Å². The van der Waals surface area contributed by atoms with Crippen LogP contribution in [0.3, 0.4) is 0 Å². The van der Waals surface area contributed by atoms with Gasteiger partial charge < -0.3 is 14.5 Å². The fraction of sp³-hybridized carbons (Fsp3) is 0.526. The summed E-state index contributed by atoms with van der Waals surface area (Å²) >= 11 is 0. The zero-order valence-electron chi connectivity index (χ0n) is 15.7. The second-order valence-electron chi connectivity index (χ2n) is 7.12. The van der Waals surface area contributed by atoms with E-state index >= 15 is 0 Å². The van der Waals surface area contributed by atoms with Crippen LogP contribution in [0.1, 0.15) is 37.0 Å². The van der Waals surface area contributed by atoms with Gasteiger partial charge in [-0.25, -0.2) is 4.39 Å². The molecule has 0 bridgehead atoms. The molecule has 1 aliphatic heterocycles. The lowest BCUT2D eigenvalue weighted by Crippen LogP contribution is -2.57. The topological polar surface area (TPSA) is 82.7 Å². The number of aliphatic hydroxyl groups is 1. The molecule has 1 N–H and O–H groups in total. The molecule has 146 valence electrons. The molecule has 1 aromatic carbocycles. The van der Waals surface area contributed by atoms with Gasteiger partial charge in [0.05, 0.1) is 6.54 Å². The number of likely N-dealkylation sites (N-methyl/N-ethyl adjacent to an activating group) is 1. The van der Waals surface area contributed by atoms with E-state index in [4.69, 9.17) is 4.52 Å². The van der Waals surface area contributed by atoms with Crippen molar-refractivity contribution in [2.75, 3.05) is 20.1 Å². The maximum Gasteiger partial charge on any atom is 0.256 e. The Bertz CT molecular complexity index is 780. The average molecular weight is 376 g/mol. The number of benzene rings is 1. The quantitative estimate of drug-likeness (QED) is 0.793. The van der Waals surface area contributed by atoms with Gasteiger partial charge in [0.1, 0.15) is 5.82 Å². The number of hydrogen-bond donors (Lipinski definition) is 1. The molecule has 7 nitrogen and oxygen atoms in total. The number of likely N-dealkylation sites (tertiary alicyclic amines) is 1. The summed E-state index contributed by atoms with van der Waals surface area (Å²) in [5, 5.41) is 14.9. The normalized spacial score (nSPS) is 20.5. The lowest BCUT2D eigenvalue weighted by Gasteiger charge is -2.40. The van der Waals surface area contributed by atoms with Gasteiger partial charge >= 0.3 is 0 Å². The third-order valence-corrected chi connectivity index (χ3v) is 4.75. The van der Waals surface area contributed by atoms with Crippen LogP contribution >= 0.6 is 0 Å². The van der Waals surface area contributed by atoms with Crippen molar-refractivity contribution >= 4 is 5.91 Å². The van der Waals surface area contributed by atoms with Crippen molar-refractivity contribution in [2.45, 2.75) is 44.9 Å².